The predicted molar refractivity (Wildman–Crippen MR) is 69.8 cm³/mol. The van der Waals surface area contributed by atoms with Crippen molar-refractivity contribution in [3.63, 3.8) is 0 Å². The summed E-state index contributed by atoms with van der Waals surface area (Å²) in [6.45, 7) is 0.116. The van der Waals surface area contributed by atoms with Crippen LogP contribution in [0.3, 0.4) is 0 Å². The molecule has 0 spiro atoms. The number of amides is 2. The number of halogens is 1. The van der Waals surface area contributed by atoms with Crippen LogP contribution in [-0.4, -0.2) is 34.4 Å². The Hall–Kier alpha value is -1.75. The number of rotatable bonds is 4. The fraction of sp³-hybridized carbons (Fsp3) is 0.154. The summed E-state index contributed by atoms with van der Waals surface area (Å²) in [6.07, 6.45) is 2.88. The molecule has 5 heteroatoms. The van der Waals surface area contributed by atoms with Crippen molar-refractivity contribution < 1.29 is 14.4 Å². The first-order valence-corrected chi connectivity index (χ1v) is 6.48. The standard InChI is InChI=1S/C13H10BrNO3/c14-8-9(16)4-3-7-15-12(17)10-5-1-2-6-11(10)13(15)18/h1-6H,7-8H2. The van der Waals surface area contributed by atoms with Gasteiger partial charge >= 0.3 is 0 Å². The van der Waals surface area contributed by atoms with Gasteiger partial charge < -0.3 is 0 Å². The van der Waals surface area contributed by atoms with Gasteiger partial charge in [0.05, 0.1) is 16.5 Å². The third-order valence-corrected chi connectivity index (χ3v) is 3.15. The maximum absolute atomic E-state index is 11.9. The van der Waals surface area contributed by atoms with Crippen LogP contribution in [0.1, 0.15) is 20.7 Å². The first kappa shape index (κ1) is 12.7. The molecule has 18 heavy (non-hydrogen) atoms. The molecular formula is C13H10BrNO3. The highest BCUT2D eigenvalue weighted by molar-refractivity contribution is 9.09. The number of alkyl halides is 1. The number of ketones is 1. The Morgan fingerprint density at radius 3 is 2.22 bits per heavy atom. The van der Waals surface area contributed by atoms with Gasteiger partial charge in [-0.2, -0.15) is 0 Å². The predicted octanol–water partition coefficient (Wildman–Crippen LogP) is 1.80. The highest BCUT2D eigenvalue weighted by Gasteiger charge is 2.33. The topological polar surface area (TPSA) is 54.5 Å². The van der Waals surface area contributed by atoms with E-state index >= 15 is 0 Å². The van der Waals surface area contributed by atoms with Gasteiger partial charge in [0.25, 0.3) is 11.8 Å². The number of fused-ring (bicyclic) bond motifs is 1. The van der Waals surface area contributed by atoms with Gasteiger partial charge in [-0.1, -0.05) is 34.1 Å². The molecule has 2 rings (SSSR count). The van der Waals surface area contributed by atoms with Crippen molar-refractivity contribution in [1.29, 1.82) is 0 Å². The van der Waals surface area contributed by atoms with E-state index in [-0.39, 0.29) is 29.5 Å². The van der Waals surface area contributed by atoms with Crippen molar-refractivity contribution in [3.05, 3.63) is 47.5 Å². The van der Waals surface area contributed by atoms with Gasteiger partial charge in [-0.3, -0.25) is 19.3 Å². The monoisotopic (exact) mass is 307 g/mol. The maximum Gasteiger partial charge on any atom is 0.261 e. The maximum atomic E-state index is 11.9. The second-order valence-electron chi connectivity index (χ2n) is 3.77. The zero-order valence-electron chi connectivity index (χ0n) is 9.43. The zero-order valence-corrected chi connectivity index (χ0v) is 11.0. The fourth-order valence-corrected chi connectivity index (χ4v) is 1.93. The molecule has 2 amide bonds. The van der Waals surface area contributed by atoms with Crippen molar-refractivity contribution in [1.82, 2.24) is 4.90 Å². The fourth-order valence-electron chi connectivity index (χ4n) is 1.74. The summed E-state index contributed by atoms with van der Waals surface area (Å²) in [5.74, 6) is -0.732. The Kier molecular flexibility index (Phi) is 3.72. The smallest absolute Gasteiger partial charge is 0.261 e. The first-order chi connectivity index (χ1) is 8.65. The van der Waals surface area contributed by atoms with Crippen LogP contribution in [0.4, 0.5) is 0 Å². The van der Waals surface area contributed by atoms with E-state index in [2.05, 4.69) is 15.9 Å². The molecule has 0 bridgehead atoms. The molecule has 1 heterocycles. The summed E-state index contributed by atoms with van der Waals surface area (Å²) in [5, 5.41) is 0.228. The highest BCUT2D eigenvalue weighted by Crippen LogP contribution is 2.21. The van der Waals surface area contributed by atoms with E-state index in [1.807, 2.05) is 0 Å². The van der Waals surface area contributed by atoms with Crippen LogP contribution in [0.5, 0.6) is 0 Å². The van der Waals surface area contributed by atoms with E-state index in [1.54, 1.807) is 24.3 Å². The van der Waals surface area contributed by atoms with Gasteiger partial charge in [-0.05, 0) is 18.2 Å². The van der Waals surface area contributed by atoms with Crippen LogP contribution in [0.25, 0.3) is 0 Å². The van der Waals surface area contributed by atoms with Crippen molar-refractivity contribution >= 4 is 33.5 Å². The number of hydrogen-bond donors (Lipinski definition) is 0. The molecule has 0 saturated carbocycles. The molecule has 1 aromatic carbocycles. The van der Waals surface area contributed by atoms with Gasteiger partial charge in [0.1, 0.15) is 0 Å². The summed E-state index contributed by atoms with van der Waals surface area (Å²) in [5.41, 5.74) is 0.838. The molecule has 0 fully saturated rings. The van der Waals surface area contributed by atoms with Gasteiger partial charge in [0, 0.05) is 6.54 Å². The average molecular weight is 308 g/mol. The summed E-state index contributed by atoms with van der Waals surface area (Å²) >= 11 is 3.03. The number of hydrogen-bond acceptors (Lipinski definition) is 3. The normalized spacial score (nSPS) is 14.4. The molecule has 0 saturated heterocycles. The number of carbonyl (C=O) groups excluding carboxylic acids is 3. The minimum atomic E-state index is -0.313. The Balaban J connectivity index is 2.14. The molecule has 0 atom stereocenters. The van der Waals surface area contributed by atoms with Gasteiger partial charge in [0.2, 0.25) is 0 Å². The lowest BCUT2D eigenvalue weighted by atomic mass is 10.1. The molecule has 1 aromatic rings. The number of nitrogens with zero attached hydrogens (tertiary/aromatic N) is 1. The molecule has 92 valence electrons. The zero-order chi connectivity index (χ0) is 13.1. The molecular weight excluding hydrogens is 298 g/mol. The van der Waals surface area contributed by atoms with Gasteiger partial charge in [-0.25, -0.2) is 0 Å². The van der Waals surface area contributed by atoms with E-state index in [4.69, 9.17) is 0 Å². The second-order valence-corrected chi connectivity index (χ2v) is 4.33. The largest absolute Gasteiger partial charge is 0.294 e. The lowest BCUT2D eigenvalue weighted by Gasteiger charge is -2.09. The summed E-state index contributed by atoms with van der Waals surface area (Å²) in [7, 11) is 0. The van der Waals surface area contributed by atoms with E-state index in [0.29, 0.717) is 11.1 Å². The third kappa shape index (κ3) is 2.26. The lowest BCUT2D eigenvalue weighted by Crippen LogP contribution is -2.29. The van der Waals surface area contributed by atoms with Crippen molar-refractivity contribution in [2.24, 2.45) is 0 Å². The molecule has 0 aromatic heterocycles. The summed E-state index contributed by atoms with van der Waals surface area (Å²) in [6, 6.07) is 6.70. The van der Waals surface area contributed by atoms with E-state index in [9.17, 15) is 14.4 Å². The van der Waals surface area contributed by atoms with Crippen molar-refractivity contribution in [3.8, 4) is 0 Å². The van der Waals surface area contributed by atoms with Gasteiger partial charge in [0.15, 0.2) is 5.78 Å². The third-order valence-electron chi connectivity index (χ3n) is 2.60. The average Bonchev–Trinajstić information content (AvgIpc) is 2.64. The van der Waals surface area contributed by atoms with Gasteiger partial charge in [-0.15, -0.1) is 0 Å². The first-order valence-electron chi connectivity index (χ1n) is 5.35. The van der Waals surface area contributed by atoms with Crippen LogP contribution in [0, 0.1) is 0 Å². The summed E-state index contributed by atoms with van der Waals surface area (Å²) < 4.78 is 0. The number of imide groups is 1. The molecule has 0 unspecified atom stereocenters. The quantitative estimate of drug-likeness (QED) is 0.484. The molecule has 1 aliphatic heterocycles. The van der Waals surface area contributed by atoms with Crippen LogP contribution >= 0.6 is 15.9 Å². The van der Waals surface area contributed by atoms with Crippen LogP contribution in [0.2, 0.25) is 0 Å². The SMILES string of the molecule is O=C(C=CCN1C(=O)c2ccccc2C1=O)CBr. The molecule has 0 aliphatic carbocycles. The van der Waals surface area contributed by atoms with Crippen molar-refractivity contribution in [2.75, 3.05) is 11.9 Å². The Morgan fingerprint density at radius 2 is 1.72 bits per heavy atom. The Bertz CT molecular complexity index is 516. The molecule has 0 radical (unpaired) electrons. The minimum Gasteiger partial charge on any atom is -0.294 e. The number of benzene rings is 1. The Morgan fingerprint density at radius 1 is 1.17 bits per heavy atom. The second kappa shape index (κ2) is 5.27. The van der Waals surface area contributed by atoms with Crippen LogP contribution in [-0.2, 0) is 4.79 Å². The van der Waals surface area contributed by atoms with E-state index in [0.717, 1.165) is 4.90 Å². The van der Waals surface area contributed by atoms with Crippen molar-refractivity contribution in [2.45, 2.75) is 0 Å². The summed E-state index contributed by atoms with van der Waals surface area (Å²) in [4.78, 5) is 36.0. The lowest BCUT2D eigenvalue weighted by molar-refractivity contribution is -0.112. The number of carbonyl (C=O) groups is 3. The minimum absolute atomic E-state index is 0.105. The van der Waals surface area contributed by atoms with Crippen LogP contribution in [0.15, 0.2) is 36.4 Å². The Labute approximate surface area is 112 Å². The highest BCUT2D eigenvalue weighted by atomic mass is 79.9. The van der Waals surface area contributed by atoms with E-state index < -0.39 is 0 Å². The van der Waals surface area contributed by atoms with E-state index in [1.165, 1.54) is 12.2 Å². The molecule has 1 aliphatic rings. The molecule has 0 N–H and O–H groups in total. The number of allylic oxidation sites excluding steroid dienone is 1. The van der Waals surface area contributed by atoms with Crippen LogP contribution < -0.4 is 0 Å². The molecule has 4 nitrogen and oxygen atoms in total.